The minimum Gasteiger partial charge on any atom is -0.329 e. The molecule has 0 amide bonds. The lowest BCUT2D eigenvalue weighted by Crippen LogP contribution is -2.37. The van der Waals surface area contributed by atoms with Crippen molar-refractivity contribution in [3.8, 4) is 0 Å². The van der Waals surface area contributed by atoms with Crippen molar-refractivity contribution < 1.29 is 0 Å². The maximum absolute atomic E-state index is 6.04. The normalized spacial score (nSPS) is 13.4. The molecule has 0 radical (unpaired) electrons. The minimum atomic E-state index is 0.236. The summed E-state index contributed by atoms with van der Waals surface area (Å²) in [5.41, 5.74) is 6.01. The topological polar surface area (TPSA) is 29.3 Å². The molecule has 0 saturated heterocycles. The quantitative estimate of drug-likeness (QED) is 0.857. The Kier molecular flexibility index (Phi) is 5.42. The lowest BCUT2D eigenvalue weighted by molar-refractivity contribution is 0.152. The van der Waals surface area contributed by atoms with Gasteiger partial charge in [-0.1, -0.05) is 17.7 Å². The summed E-state index contributed by atoms with van der Waals surface area (Å²) < 4.78 is 0. The maximum atomic E-state index is 6.04. The molecule has 0 aliphatic rings. The fraction of sp³-hybridized carbons (Fsp3) is 0.429. The van der Waals surface area contributed by atoms with E-state index in [1.165, 1.54) is 9.75 Å². The van der Waals surface area contributed by atoms with Crippen molar-refractivity contribution in [1.82, 2.24) is 4.90 Å². The lowest BCUT2D eigenvalue weighted by Gasteiger charge is -2.33. The van der Waals surface area contributed by atoms with Gasteiger partial charge in [0.2, 0.25) is 0 Å². The van der Waals surface area contributed by atoms with Crippen LogP contribution in [-0.2, 0) is 6.54 Å². The average Bonchev–Trinajstić information content (AvgIpc) is 3.00. The Morgan fingerprint density at radius 1 is 1.37 bits per heavy atom. The van der Waals surface area contributed by atoms with Crippen LogP contribution in [0.4, 0.5) is 0 Å². The summed E-state index contributed by atoms with van der Waals surface area (Å²) in [5.74, 6) is 0. The van der Waals surface area contributed by atoms with Crippen LogP contribution in [0.15, 0.2) is 29.0 Å². The van der Waals surface area contributed by atoms with Crippen LogP contribution in [0.3, 0.4) is 0 Å². The molecule has 0 aromatic carbocycles. The van der Waals surface area contributed by atoms with Crippen LogP contribution in [0.25, 0.3) is 0 Å². The van der Waals surface area contributed by atoms with Crippen molar-refractivity contribution in [2.75, 3.05) is 6.54 Å². The molecule has 2 aromatic rings. The van der Waals surface area contributed by atoms with Crippen LogP contribution in [-0.4, -0.2) is 17.5 Å². The molecule has 1 unspecified atom stereocenters. The molecular weight excluding hydrogens is 296 g/mol. The molecule has 0 aliphatic heterocycles. The lowest BCUT2D eigenvalue weighted by atomic mass is 10.1. The second-order valence-corrected chi connectivity index (χ2v) is 7.18. The largest absolute Gasteiger partial charge is 0.329 e. The predicted molar refractivity (Wildman–Crippen MR) is 86.1 cm³/mol. The Morgan fingerprint density at radius 3 is 2.63 bits per heavy atom. The van der Waals surface area contributed by atoms with Crippen LogP contribution < -0.4 is 5.73 Å². The van der Waals surface area contributed by atoms with Crippen LogP contribution in [0.2, 0.25) is 5.02 Å². The molecule has 5 heteroatoms. The second-order valence-electron chi connectivity index (χ2n) is 4.76. The van der Waals surface area contributed by atoms with Gasteiger partial charge in [-0.2, -0.15) is 0 Å². The average molecular weight is 315 g/mol. The minimum absolute atomic E-state index is 0.236. The van der Waals surface area contributed by atoms with E-state index in [-0.39, 0.29) is 6.04 Å². The van der Waals surface area contributed by atoms with E-state index in [0.717, 1.165) is 11.6 Å². The van der Waals surface area contributed by atoms with Crippen molar-refractivity contribution in [2.45, 2.75) is 32.5 Å². The van der Waals surface area contributed by atoms with Gasteiger partial charge in [-0.15, -0.1) is 22.7 Å². The summed E-state index contributed by atoms with van der Waals surface area (Å²) in [6.45, 7) is 5.98. The highest BCUT2D eigenvalue weighted by Crippen LogP contribution is 2.31. The van der Waals surface area contributed by atoms with E-state index < -0.39 is 0 Å². The van der Waals surface area contributed by atoms with Gasteiger partial charge in [0.1, 0.15) is 0 Å². The molecule has 2 aromatic heterocycles. The summed E-state index contributed by atoms with van der Waals surface area (Å²) >= 11 is 9.52. The number of thiophene rings is 2. The van der Waals surface area contributed by atoms with Crippen molar-refractivity contribution in [1.29, 1.82) is 0 Å². The Hall–Kier alpha value is -0.390. The molecule has 104 valence electrons. The summed E-state index contributed by atoms with van der Waals surface area (Å²) in [7, 11) is 0. The zero-order chi connectivity index (χ0) is 13.8. The van der Waals surface area contributed by atoms with E-state index >= 15 is 0 Å². The zero-order valence-electron chi connectivity index (χ0n) is 11.2. The zero-order valence-corrected chi connectivity index (χ0v) is 13.6. The first kappa shape index (κ1) is 15.0. The van der Waals surface area contributed by atoms with Gasteiger partial charge in [-0.25, -0.2) is 0 Å². The van der Waals surface area contributed by atoms with Crippen molar-refractivity contribution >= 4 is 34.3 Å². The molecule has 2 rings (SSSR count). The standard InChI is InChI=1S/C14H19ClN2S2/c1-10(2)17(8-12-4-3-5-18-12)13(7-16)14-6-11(15)9-19-14/h3-6,9-10,13H,7-8,16H2,1-2H3. The van der Waals surface area contributed by atoms with Crippen LogP contribution >= 0.6 is 34.3 Å². The summed E-state index contributed by atoms with van der Waals surface area (Å²) in [6.07, 6.45) is 0. The Labute approximate surface area is 127 Å². The third-order valence-corrected chi connectivity index (χ3v) is 5.36. The Morgan fingerprint density at radius 2 is 2.16 bits per heavy atom. The molecule has 0 fully saturated rings. The number of rotatable bonds is 6. The number of nitrogens with zero attached hydrogens (tertiary/aromatic N) is 1. The number of nitrogens with two attached hydrogens (primary N) is 1. The van der Waals surface area contributed by atoms with Gasteiger partial charge in [0.15, 0.2) is 0 Å². The fourth-order valence-electron chi connectivity index (χ4n) is 2.15. The van der Waals surface area contributed by atoms with Gasteiger partial charge < -0.3 is 5.73 Å². The van der Waals surface area contributed by atoms with E-state index in [4.69, 9.17) is 17.3 Å². The van der Waals surface area contributed by atoms with Crippen LogP contribution in [0, 0.1) is 0 Å². The first-order chi connectivity index (χ1) is 9.11. The van der Waals surface area contributed by atoms with Gasteiger partial charge in [-0.3, -0.25) is 4.90 Å². The number of hydrogen-bond acceptors (Lipinski definition) is 4. The Balaban J connectivity index is 2.20. The van der Waals surface area contributed by atoms with E-state index in [1.807, 2.05) is 11.4 Å². The molecule has 0 aliphatic carbocycles. The van der Waals surface area contributed by atoms with E-state index in [2.05, 4.69) is 36.3 Å². The van der Waals surface area contributed by atoms with Crippen molar-refractivity contribution in [3.05, 3.63) is 43.7 Å². The molecule has 0 spiro atoms. The predicted octanol–water partition coefficient (Wildman–Crippen LogP) is 4.37. The number of halogens is 1. The second kappa shape index (κ2) is 6.86. The van der Waals surface area contributed by atoms with E-state index in [0.29, 0.717) is 12.6 Å². The van der Waals surface area contributed by atoms with Crippen LogP contribution in [0.1, 0.15) is 29.6 Å². The van der Waals surface area contributed by atoms with Crippen molar-refractivity contribution in [3.63, 3.8) is 0 Å². The number of hydrogen-bond donors (Lipinski definition) is 1. The Bertz CT molecular complexity index is 493. The summed E-state index contributed by atoms with van der Waals surface area (Å²) in [6, 6.07) is 6.98. The molecule has 19 heavy (non-hydrogen) atoms. The molecule has 2 heterocycles. The smallest absolute Gasteiger partial charge is 0.0570 e. The fourth-order valence-corrected chi connectivity index (χ4v) is 4.08. The monoisotopic (exact) mass is 314 g/mol. The first-order valence-electron chi connectivity index (χ1n) is 6.34. The van der Waals surface area contributed by atoms with Gasteiger partial charge in [0.05, 0.1) is 11.1 Å². The third kappa shape index (κ3) is 3.80. The maximum Gasteiger partial charge on any atom is 0.0570 e. The SMILES string of the molecule is CC(C)N(Cc1cccs1)C(CN)c1cc(Cl)cs1. The van der Waals surface area contributed by atoms with Crippen molar-refractivity contribution in [2.24, 2.45) is 5.73 Å². The van der Waals surface area contributed by atoms with Gasteiger partial charge in [-0.05, 0) is 31.4 Å². The molecule has 2 nitrogen and oxygen atoms in total. The summed E-state index contributed by atoms with van der Waals surface area (Å²) in [4.78, 5) is 5.06. The highest BCUT2D eigenvalue weighted by atomic mass is 35.5. The highest BCUT2D eigenvalue weighted by Gasteiger charge is 2.23. The van der Waals surface area contributed by atoms with Gasteiger partial charge in [0, 0.05) is 34.3 Å². The van der Waals surface area contributed by atoms with Crippen LogP contribution in [0.5, 0.6) is 0 Å². The van der Waals surface area contributed by atoms with E-state index in [1.54, 1.807) is 22.7 Å². The van der Waals surface area contributed by atoms with Gasteiger partial charge >= 0.3 is 0 Å². The molecule has 2 N–H and O–H groups in total. The molecular formula is C14H19ClN2S2. The molecule has 1 atom stereocenters. The van der Waals surface area contributed by atoms with E-state index in [9.17, 15) is 0 Å². The molecule has 0 bridgehead atoms. The highest BCUT2D eigenvalue weighted by molar-refractivity contribution is 7.10. The van der Waals surface area contributed by atoms with Gasteiger partial charge in [0.25, 0.3) is 0 Å². The first-order valence-corrected chi connectivity index (χ1v) is 8.47. The molecule has 0 saturated carbocycles. The third-order valence-electron chi connectivity index (χ3n) is 3.12. The summed E-state index contributed by atoms with van der Waals surface area (Å²) in [5, 5.41) is 4.90.